The topological polar surface area (TPSA) is 38.2 Å². The molecule has 1 saturated heterocycles. The van der Waals surface area contributed by atoms with Crippen LogP contribution in [0.25, 0.3) is 0 Å². The average Bonchev–Trinajstić information content (AvgIpc) is 2.25. The van der Waals surface area contributed by atoms with Crippen LogP contribution in [0.15, 0.2) is 6.07 Å². The van der Waals surface area contributed by atoms with Gasteiger partial charge in [-0.2, -0.15) is 13.2 Å². The maximum atomic E-state index is 12.6. The molecule has 0 aliphatic carbocycles. The number of aromatic nitrogens is 2. The molecule has 0 radical (unpaired) electrons. The van der Waals surface area contributed by atoms with Gasteiger partial charge in [-0.15, -0.1) is 0 Å². The summed E-state index contributed by atoms with van der Waals surface area (Å²) in [5.74, 6) is -1.05. The summed E-state index contributed by atoms with van der Waals surface area (Å²) in [4.78, 5) is 8.48. The van der Waals surface area contributed by atoms with Crippen molar-refractivity contribution in [2.45, 2.75) is 32.2 Å². The molecule has 4 nitrogen and oxygen atoms in total. The number of alkyl halides is 3. The Morgan fingerprint density at radius 3 is 2.37 bits per heavy atom. The lowest BCUT2D eigenvalue weighted by Gasteiger charge is -2.36. The highest BCUT2D eigenvalue weighted by atomic mass is 35.5. The fraction of sp³-hybridized carbons (Fsp3) is 0.636. The third kappa shape index (κ3) is 3.48. The standard InChI is InChI=1S/C11H13ClF3N3O/c1-6-4-18(5-7(2)19-6)9-3-8(12)16-10(17-9)11(13,14)15/h3,6-7H,4-5H2,1-2H3. The molecule has 1 fully saturated rings. The van der Waals surface area contributed by atoms with Crippen LogP contribution in [0.1, 0.15) is 19.7 Å². The zero-order valence-electron chi connectivity index (χ0n) is 10.4. The van der Waals surface area contributed by atoms with Crippen LogP contribution >= 0.6 is 11.6 Å². The summed E-state index contributed by atoms with van der Waals surface area (Å²) >= 11 is 5.64. The van der Waals surface area contributed by atoms with Crippen LogP contribution in [0, 0.1) is 0 Å². The highest BCUT2D eigenvalue weighted by molar-refractivity contribution is 6.29. The van der Waals surface area contributed by atoms with Crippen LogP contribution in [-0.2, 0) is 10.9 Å². The van der Waals surface area contributed by atoms with Crippen molar-refractivity contribution < 1.29 is 17.9 Å². The van der Waals surface area contributed by atoms with E-state index in [1.807, 2.05) is 13.8 Å². The van der Waals surface area contributed by atoms with Gasteiger partial charge in [-0.1, -0.05) is 11.6 Å². The van der Waals surface area contributed by atoms with E-state index in [-0.39, 0.29) is 23.2 Å². The Labute approximate surface area is 113 Å². The van der Waals surface area contributed by atoms with Crippen LogP contribution in [0.4, 0.5) is 19.0 Å². The minimum absolute atomic E-state index is 0.0770. The van der Waals surface area contributed by atoms with Gasteiger partial charge in [0.15, 0.2) is 0 Å². The van der Waals surface area contributed by atoms with Gasteiger partial charge in [0.05, 0.1) is 12.2 Å². The van der Waals surface area contributed by atoms with Gasteiger partial charge in [0.1, 0.15) is 11.0 Å². The van der Waals surface area contributed by atoms with Crippen molar-refractivity contribution in [2.75, 3.05) is 18.0 Å². The van der Waals surface area contributed by atoms with E-state index in [0.29, 0.717) is 13.1 Å². The molecule has 0 aromatic carbocycles. The molecule has 1 aromatic heterocycles. The molecule has 2 rings (SSSR count). The van der Waals surface area contributed by atoms with Gasteiger partial charge in [-0.3, -0.25) is 0 Å². The summed E-state index contributed by atoms with van der Waals surface area (Å²) in [5.41, 5.74) is 0. The second-order valence-electron chi connectivity index (χ2n) is 4.53. The summed E-state index contributed by atoms with van der Waals surface area (Å²) in [6.07, 6.45) is -4.76. The number of hydrogen-bond donors (Lipinski definition) is 0. The van der Waals surface area contributed by atoms with Gasteiger partial charge in [0.2, 0.25) is 5.82 Å². The largest absolute Gasteiger partial charge is 0.451 e. The maximum Gasteiger partial charge on any atom is 0.451 e. The normalized spacial score (nSPS) is 24.6. The summed E-state index contributed by atoms with van der Waals surface area (Å²) in [6, 6.07) is 1.33. The Kier molecular flexibility index (Phi) is 3.87. The summed E-state index contributed by atoms with van der Waals surface area (Å²) in [5, 5.41) is -0.218. The first-order chi connectivity index (χ1) is 8.75. The van der Waals surface area contributed by atoms with E-state index >= 15 is 0 Å². The molecule has 0 saturated carbocycles. The van der Waals surface area contributed by atoms with Gasteiger partial charge in [0.25, 0.3) is 0 Å². The fourth-order valence-electron chi connectivity index (χ4n) is 2.06. The molecule has 1 aliphatic rings. The third-order valence-electron chi connectivity index (χ3n) is 2.68. The van der Waals surface area contributed by atoms with E-state index in [1.54, 1.807) is 4.90 Å². The number of morpholine rings is 1. The highest BCUT2D eigenvalue weighted by Crippen LogP contribution is 2.29. The number of rotatable bonds is 1. The lowest BCUT2D eigenvalue weighted by atomic mass is 10.2. The number of nitrogens with zero attached hydrogens (tertiary/aromatic N) is 3. The first kappa shape index (κ1) is 14.3. The molecule has 19 heavy (non-hydrogen) atoms. The van der Waals surface area contributed by atoms with E-state index in [2.05, 4.69) is 9.97 Å². The Balaban J connectivity index is 2.31. The zero-order valence-corrected chi connectivity index (χ0v) is 11.2. The number of ether oxygens (including phenoxy) is 1. The molecule has 106 valence electrons. The first-order valence-corrected chi connectivity index (χ1v) is 6.15. The van der Waals surface area contributed by atoms with Gasteiger partial charge in [-0.05, 0) is 13.8 Å². The van der Waals surface area contributed by atoms with Crippen molar-refractivity contribution in [3.05, 3.63) is 17.0 Å². The summed E-state index contributed by atoms with van der Waals surface area (Å²) in [7, 11) is 0. The van der Waals surface area contributed by atoms with E-state index in [4.69, 9.17) is 16.3 Å². The van der Waals surface area contributed by atoms with Crippen molar-refractivity contribution in [3.8, 4) is 0 Å². The van der Waals surface area contributed by atoms with Crippen LogP contribution in [0.5, 0.6) is 0 Å². The lowest BCUT2D eigenvalue weighted by Crippen LogP contribution is -2.46. The molecule has 0 bridgehead atoms. The molecule has 0 spiro atoms. The minimum atomic E-state index is -4.61. The van der Waals surface area contributed by atoms with Crippen LogP contribution in [0.3, 0.4) is 0 Å². The monoisotopic (exact) mass is 295 g/mol. The highest BCUT2D eigenvalue weighted by Gasteiger charge is 2.36. The molecule has 1 aromatic rings. The minimum Gasteiger partial charge on any atom is -0.372 e. The smallest absolute Gasteiger partial charge is 0.372 e. The van der Waals surface area contributed by atoms with Gasteiger partial charge in [-0.25, -0.2) is 9.97 Å². The van der Waals surface area contributed by atoms with E-state index in [9.17, 15) is 13.2 Å². The number of hydrogen-bond acceptors (Lipinski definition) is 4. The Morgan fingerprint density at radius 1 is 1.26 bits per heavy atom. The molecular formula is C11H13ClF3N3O. The molecule has 2 unspecified atom stereocenters. The predicted molar refractivity (Wildman–Crippen MR) is 64.3 cm³/mol. The van der Waals surface area contributed by atoms with Crippen molar-refractivity contribution in [3.63, 3.8) is 0 Å². The Morgan fingerprint density at radius 2 is 1.84 bits per heavy atom. The van der Waals surface area contributed by atoms with Gasteiger partial charge >= 0.3 is 6.18 Å². The van der Waals surface area contributed by atoms with Crippen LogP contribution < -0.4 is 4.90 Å². The second kappa shape index (κ2) is 5.13. The quantitative estimate of drug-likeness (QED) is 0.747. The van der Waals surface area contributed by atoms with E-state index in [1.165, 1.54) is 6.07 Å². The van der Waals surface area contributed by atoms with E-state index < -0.39 is 12.0 Å². The van der Waals surface area contributed by atoms with Crippen molar-refractivity contribution >= 4 is 17.4 Å². The lowest BCUT2D eigenvalue weighted by molar-refractivity contribution is -0.144. The summed E-state index contributed by atoms with van der Waals surface area (Å²) < 4.78 is 43.5. The van der Waals surface area contributed by atoms with Gasteiger partial charge in [0, 0.05) is 19.2 Å². The van der Waals surface area contributed by atoms with Gasteiger partial charge < -0.3 is 9.64 Å². The van der Waals surface area contributed by atoms with Crippen molar-refractivity contribution in [1.82, 2.24) is 9.97 Å². The van der Waals surface area contributed by atoms with Crippen LogP contribution in [-0.4, -0.2) is 35.3 Å². The summed E-state index contributed by atoms with van der Waals surface area (Å²) in [6.45, 7) is 4.65. The number of anilines is 1. The fourth-order valence-corrected chi connectivity index (χ4v) is 2.24. The van der Waals surface area contributed by atoms with Crippen LogP contribution in [0.2, 0.25) is 5.15 Å². The Hall–Kier alpha value is -1.08. The average molecular weight is 296 g/mol. The van der Waals surface area contributed by atoms with Crippen molar-refractivity contribution in [2.24, 2.45) is 0 Å². The third-order valence-corrected chi connectivity index (χ3v) is 2.87. The molecule has 8 heteroatoms. The van der Waals surface area contributed by atoms with E-state index in [0.717, 1.165) is 0 Å². The Bertz CT molecular complexity index is 459. The molecule has 2 heterocycles. The number of halogens is 4. The molecule has 0 N–H and O–H groups in total. The SMILES string of the molecule is CC1CN(c2cc(Cl)nc(C(F)(F)F)n2)CC(C)O1. The maximum absolute atomic E-state index is 12.6. The predicted octanol–water partition coefficient (Wildman–Crippen LogP) is 2.76. The molecule has 1 aliphatic heterocycles. The van der Waals surface area contributed by atoms with Crippen molar-refractivity contribution in [1.29, 1.82) is 0 Å². The first-order valence-electron chi connectivity index (χ1n) is 5.78. The molecule has 2 atom stereocenters. The molecular weight excluding hydrogens is 283 g/mol. The molecule has 0 amide bonds. The zero-order chi connectivity index (χ0) is 14.2. The second-order valence-corrected chi connectivity index (χ2v) is 4.92.